The van der Waals surface area contributed by atoms with Gasteiger partial charge in [-0.05, 0) is 38.0 Å². The van der Waals surface area contributed by atoms with Crippen molar-refractivity contribution >= 4 is 35.1 Å². The predicted molar refractivity (Wildman–Crippen MR) is 137 cm³/mol. The highest BCUT2D eigenvalue weighted by Gasteiger charge is 2.38. The number of nitrogens with one attached hydrogen (secondary N) is 3. The van der Waals surface area contributed by atoms with E-state index >= 15 is 0 Å². The Hall–Kier alpha value is -3.66. The van der Waals surface area contributed by atoms with Crippen LogP contribution in [0.1, 0.15) is 51.9 Å². The maximum Gasteiger partial charge on any atom is 0.405 e. The Morgan fingerprint density at radius 1 is 1.14 bits per heavy atom. The van der Waals surface area contributed by atoms with Crippen molar-refractivity contribution in [1.29, 1.82) is 0 Å². The lowest BCUT2D eigenvalue weighted by Gasteiger charge is -2.09. The molecule has 0 aliphatic heterocycles. The maximum absolute atomic E-state index is 13.4. The van der Waals surface area contributed by atoms with Crippen LogP contribution in [0.4, 0.5) is 21.0 Å². The zero-order chi connectivity index (χ0) is 25.5. The second-order valence-corrected chi connectivity index (χ2v) is 9.51. The number of fused-ring (bicyclic) bond motifs is 1. The maximum atomic E-state index is 13.4. The van der Waals surface area contributed by atoms with Crippen molar-refractivity contribution in [2.75, 3.05) is 5.32 Å². The summed E-state index contributed by atoms with van der Waals surface area (Å²) in [6.45, 7) is 1.90. The van der Waals surface area contributed by atoms with Crippen molar-refractivity contribution in [1.82, 2.24) is 29.9 Å². The molecule has 9 nitrogen and oxygen atoms in total. The second-order valence-electron chi connectivity index (χ2n) is 9.10. The molecule has 0 radical (unpaired) electrons. The summed E-state index contributed by atoms with van der Waals surface area (Å²) >= 11 is 5.86. The minimum atomic E-state index is -0.912. The van der Waals surface area contributed by atoms with Crippen LogP contribution in [-0.2, 0) is 0 Å². The molecule has 3 heterocycles. The average molecular weight is 514 g/mol. The number of benzene rings is 1. The van der Waals surface area contributed by atoms with Gasteiger partial charge in [-0.25, -0.2) is 19.2 Å². The first kappa shape index (κ1) is 25.4. The van der Waals surface area contributed by atoms with Gasteiger partial charge in [0.15, 0.2) is 0 Å². The first-order valence-electron chi connectivity index (χ1n) is 11.9. The van der Waals surface area contributed by atoms with Crippen LogP contribution in [0.3, 0.4) is 0 Å². The van der Waals surface area contributed by atoms with Gasteiger partial charge < -0.3 is 15.7 Å². The lowest BCUT2D eigenvalue weighted by Crippen LogP contribution is -2.32. The molecule has 4 aromatic rings. The van der Waals surface area contributed by atoms with Gasteiger partial charge in [0.25, 0.3) is 0 Å². The smallest absolute Gasteiger partial charge is 0.405 e. The van der Waals surface area contributed by atoms with E-state index in [2.05, 4.69) is 30.8 Å². The fraction of sp³-hybridized carbons (Fsp3) is 0.360. The molecule has 0 spiro atoms. The molecule has 6 rings (SSSR count). The van der Waals surface area contributed by atoms with Crippen LogP contribution in [-0.4, -0.2) is 41.3 Å². The topological polar surface area (TPSA) is 120 Å². The van der Waals surface area contributed by atoms with Gasteiger partial charge in [0, 0.05) is 35.6 Å². The molecule has 11 heteroatoms. The van der Waals surface area contributed by atoms with E-state index in [-0.39, 0.29) is 10.6 Å². The van der Waals surface area contributed by atoms with Gasteiger partial charge in [-0.15, -0.1) is 0 Å². The molecule has 36 heavy (non-hydrogen) atoms. The van der Waals surface area contributed by atoms with Crippen molar-refractivity contribution in [2.24, 2.45) is 0 Å². The number of H-pyrrole nitrogens is 1. The third-order valence-electron chi connectivity index (χ3n) is 6.01. The normalized spacial score (nSPS) is 15.3. The van der Waals surface area contributed by atoms with Crippen LogP contribution in [0.25, 0.3) is 16.9 Å². The highest BCUT2D eigenvalue weighted by atomic mass is 35.5. The van der Waals surface area contributed by atoms with Gasteiger partial charge in [0.1, 0.15) is 17.3 Å². The average Bonchev–Trinajstić information content (AvgIpc) is 3.40. The van der Waals surface area contributed by atoms with Gasteiger partial charge in [-0.2, -0.15) is 5.10 Å². The monoisotopic (exact) mass is 513 g/mol. The number of halogens is 2. The lowest BCUT2D eigenvalue weighted by atomic mass is 10.1. The van der Waals surface area contributed by atoms with Crippen LogP contribution in [0.2, 0.25) is 5.02 Å². The van der Waals surface area contributed by atoms with Crippen LogP contribution in [0.15, 0.2) is 48.9 Å². The minimum absolute atomic E-state index is 0.0515. The molecule has 2 aliphatic carbocycles. The summed E-state index contributed by atoms with van der Waals surface area (Å²) in [6, 6.07) is 8.08. The van der Waals surface area contributed by atoms with E-state index in [1.54, 1.807) is 41.2 Å². The number of hydrogen-bond acceptors (Lipinski definition) is 5. The molecule has 4 N–H and O–H groups in total. The van der Waals surface area contributed by atoms with E-state index in [1.807, 2.05) is 13.0 Å². The summed E-state index contributed by atoms with van der Waals surface area (Å²) in [5, 5.41) is 20.5. The van der Waals surface area contributed by atoms with Crippen molar-refractivity contribution in [2.45, 2.75) is 57.4 Å². The highest BCUT2D eigenvalue weighted by molar-refractivity contribution is 6.31. The Balaban J connectivity index is 0.000000191. The van der Waals surface area contributed by atoms with E-state index in [1.165, 1.54) is 38.2 Å². The number of amides is 1. The van der Waals surface area contributed by atoms with Crippen molar-refractivity contribution in [3.05, 3.63) is 59.8 Å². The Morgan fingerprint density at radius 3 is 2.42 bits per heavy atom. The van der Waals surface area contributed by atoms with Crippen LogP contribution >= 0.6 is 11.6 Å². The van der Waals surface area contributed by atoms with Gasteiger partial charge in [-0.1, -0.05) is 43.7 Å². The number of nitrogens with zero attached hydrogens (tertiary/aromatic N) is 4. The number of carbonyl (C=O) groups is 1. The van der Waals surface area contributed by atoms with Gasteiger partial charge in [0.05, 0.1) is 16.9 Å². The van der Waals surface area contributed by atoms with E-state index in [0.717, 1.165) is 12.8 Å². The molecule has 3 aromatic heterocycles. The fourth-order valence-corrected chi connectivity index (χ4v) is 3.90. The van der Waals surface area contributed by atoms with Crippen LogP contribution in [0.5, 0.6) is 0 Å². The van der Waals surface area contributed by atoms with Gasteiger partial charge in [0.2, 0.25) is 5.95 Å². The molecular weight excluding hydrogens is 485 g/mol. The van der Waals surface area contributed by atoms with Crippen molar-refractivity contribution < 1.29 is 14.3 Å². The molecule has 0 unspecified atom stereocenters. The standard InChI is InChI=1S/C15H10ClFN6.C5H9NO2.C5H10/c16-10-7-9(1-2-11(10)17)12-8-14-18-5-6-23(14)15(20-12)21-13-3-4-19-22-13;1-5(2-3-5)6-4(7)8;1-2-4-5-3-1/h1-8H,(H2,19,20,21,22);6H,2-3H2,1H3,(H,7,8);1-5H2. The second kappa shape index (κ2) is 11.4. The molecule has 1 amide bonds. The van der Waals surface area contributed by atoms with Crippen molar-refractivity contribution in [3.8, 4) is 11.3 Å². The summed E-state index contributed by atoms with van der Waals surface area (Å²) in [5.41, 5.74) is 1.96. The Kier molecular flexibility index (Phi) is 8.04. The third-order valence-corrected chi connectivity index (χ3v) is 6.30. The number of hydrogen-bond donors (Lipinski definition) is 4. The van der Waals surface area contributed by atoms with Gasteiger partial charge in [-0.3, -0.25) is 9.50 Å². The zero-order valence-electron chi connectivity index (χ0n) is 20.0. The predicted octanol–water partition coefficient (Wildman–Crippen LogP) is 6.41. The molecule has 0 bridgehead atoms. The number of aromatic nitrogens is 5. The first-order chi connectivity index (χ1) is 17.3. The number of rotatable bonds is 4. The van der Waals surface area contributed by atoms with E-state index in [0.29, 0.717) is 28.7 Å². The number of anilines is 2. The Bertz CT molecular complexity index is 1290. The van der Waals surface area contributed by atoms with E-state index in [9.17, 15) is 9.18 Å². The lowest BCUT2D eigenvalue weighted by molar-refractivity contribution is 0.189. The summed E-state index contributed by atoms with van der Waals surface area (Å²) in [5.74, 6) is 0.787. The SMILES string of the molecule is C1CCCC1.CC1(NC(=O)O)CC1.Fc1ccc(-c2cc3nccn3c(Nc3ccn[nH]3)n2)cc1Cl. The summed E-state index contributed by atoms with van der Waals surface area (Å²) in [7, 11) is 0. The Morgan fingerprint density at radius 2 is 1.86 bits per heavy atom. The van der Waals surface area contributed by atoms with Crippen molar-refractivity contribution in [3.63, 3.8) is 0 Å². The molecule has 190 valence electrons. The van der Waals surface area contributed by atoms with Crippen LogP contribution in [0, 0.1) is 5.82 Å². The third kappa shape index (κ3) is 6.94. The minimum Gasteiger partial charge on any atom is -0.465 e. The number of carboxylic acid groups (broad SMARTS) is 1. The largest absolute Gasteiger partial charge is 0.465 e. The molecule has 0 atom stereocenters. The van der Waals surface area contributed by atoms with Gasteiger partial charge >= 0.3 is 6.09 Å². The fourth-order valence-electron chi connectivity index (χ4n) is 3.72. The van der Waals surface area contributed by atoms with E-state index in [4.69, 9.17) is 16.7 Å². The first-order valence-corrected chi connectivity index (χ1v) is 12.3. The summed E-state index contributed by atoms with van der Waals surface area (Å²) in [4.78, 5) is 18.8. The quantitative estimate of drug-likeness (QED) is 0.250. The molecule has 2 aliphatic rings. The molecule has 2 fully saturated rings. The zero-order valence-corrected chi connectivity index (χ0v) is 20.7. The molecule has 1 aromatic carbocycles. The number of imidazole rings is 1. The summed E-state index contributed by atoms with van der Waals surface area (Å²) in [6.07, 6.45) is 13.7. The van der Waals surface area contributed by atoms with Crippen LogP contribution < -0.4 is 10.6 Å². The number of aromatic amines is 1. The highest BCUT2D eigenvalue weighted by Crippen LogP contribution is 2.34. The Labute approximate surface area is 213 Å². The molecule has 2 saturated carbocycles. The molecular formula is C25H29ClFN7O2. The summed E-state index contributed by atoms with van der Waals surface area (Å²) < 4.78 is 15.2. The molecule has 0 saturated heterocycles. The van der Waals surface area contributed by atoms with E-state index < -0.39 is 11.9 Å².